The fraction of sp³-hybridized carbons (Fsp3) is 0.522. The van der Waals surface area contributed by atoms with E-state index in [0.717, 1.165) is 24.0 Å². The molecule has 0 saturated heterocycles. The van der Waals surface area contributed by atoms with Crippen molar-refractivity contribution >= 4 is 11.4 Å². The van der Waals surface area contributed by atoms with Crippen molar-refractivity contribution < 1.29 is 19.4 Å². The van der Waals surface area contributed by atoms with Crippen molar-refractivity contribution in [1.82, 2.24) is 0 Å². The maximum absolute atomic E-state index is 13.6. The van der Waals surface area contributed by atoms with E-state index in [1.165, 1.54) is 0 Å². The van der Waals surface area contributed by atoms with Crippen LogP contribution >= 0.6 is 0 Å². The van der Waals surface area contributed by atoms with Gasteiger partial charge < -0.3 is 14.6 Å². The van der Waals surface area contributed by atoms with Gasteiger partial charge in [0.15, 0.2) is 11.4 Å². The second kappa shape index (κ2) is 6.23. The molecule has 0 aliphatic heterocycles. The molecule has 4 nitrogen and oxygen atoms in total. The van der Waals surface area contributed by atoms with Gasteiger partial charge in [-0.25, -0.2) is 0 Å². The molecule has 0 radical (unpaired) electrons. The van der Waals surface area contributed by atoms with Crippen LogP contribution in [0.4, 0.5) is 0 Å². The lowest BCUT2D eigenvalue weighted by molar-refractivity contribution is -0.136. The van der Waals surface area contributed by atoms with E-state index in [9.17, 15) is 9.90 Å². The lowest BCUT2D eigenvalue weighted by atomic mass is 9.69. The maximum Gasteiger partial charge on any atom is 0.211 e. The van der Waals surface area contributed by atoms with E-state index >= 15 is 0 Å². The zero-order valence-corrected chi connectivity index (χ0v) is 16.5. The molecular formula is C23H28O4. The average molecular weight is 368 g/mol. The summed E-state index contributed by atoms with van der Waals surface area (Å²) in [7, 11) is 0. The van der Waals surface area contributed by atoms with E-state index in [0.29, 0.717) is 12.2 Å². The van der Waals surface area contributed by atoms with E-state index in [2.05, 4.69) is 0 Å². The number of ketones is 1. The number of rotatable bonds is 5. The number of carbonyl (C=O) groups excluding carboxylic acids is 1. The minimum Gasteiger partial charge on any atom is -0.488 e. The third-order valence-corrected chi connectivity index (χ3v) is 6.06. The minimum absolute atomic E-state index is 0.0172. The summed E-state index contributed by atoms with van der Waals surface area (Å²) in [4.78, 5) is 13.6. The van der Waals surface area contributed by atoms with E-state index in [1.807, 2.05) is 64.1 Å². The molecule has 0 bridgehead atoms. The van der Waals surface area contributed by atoms with Crippen LogP contribution in [0.3, 0.4) is 0 Å². The van der Waals surface area contributed by atoms with E-state index in [4.69, 9.17) is 9.47 Å². The number of carbonyl (C=O) groups is 1. The van der Waals surface area contributed by atoms with Crippen LogP contribution < -0.4 is 0 Å². The fourth-order valence-electron chi connectivity index (χ4n) is 5.17. The lowest BCUT2D eigenvalue weighted by Gasteiger charge is -2.36. The Balaban J connectivity index is 1.91. The van der Waals surface area contributed by atoms with Crippen LogP contribution in [0.25, 0.3) is 5.57 Å². The van der Waals surface area contributed by atoms with E-state index < -0.39 is 11.0 Å². The Kier molecular flexibility index (Phi) is 4.22. The van der Waals surface area contributed by atoms with Crippen LogP contribution in [-0.4, -0.2) is 28.7 Å². The second-order valence-electron chi connectivity index (χ2n) is 8.47. The maximum atomic E-state index is 13.6. The van der Waals surface area contributed by atoms with Crippen molar-refractivity contribution in [2.45, 2.75) is 64.8 Å². The van der Waals surface area contributed by atoms with Gasteiger partial charge in [0.05, 0.1) is 17.6 Å². The van der Waals surface area contributed by atoms with Crippen LogP contribution in [0, 0.1) is 11.3 Å². The Labute approximate surface area is 160 Å². The third kappa shape index (κ3) is 2.42. The van der Waals surface area contributed by atoms with Crippen molar-refractivity contribution in [1.29, 1.82) is 0 Å². The predicted molar refractivity (Wildman–Crippen MR) is 104 cm³/mol. The quantitative estimate of drug-likeness (QED) is 0.844. The van der Waals surface area contributed by atoms with Crippen molar-refractivity contribution in [2.24, 2.45) is 11.3 Å². The highest BCUT2D eigenvalue weighted by Crippen LogP contribution is 2.67. The third-order valence-electron chi connectivity index (χ3n) is 6.06. The van der Waals surface area contributed by atoms with Crippen LogP contribution in [0.15, 0.2) is 47.9 Å². The normalized spacial score (nSPS) is 32.2. The molecule has 0 heterocycles. The van der Waals surface area contributed by atoms with Gasteiger partial charge in [0.25, 0.3) is 0 Å². The first-order chi connectivity index (χ1) is 12.8. The summed E-state index contributed by atoms with van der Waals surface area (Å²) >= 11 is 0. The van der Waals surface area contributed by atoms with Gasteiger partial charge in [0.1, 0.15) is 0 Å². The molecule has 3 atom stereocenters. The van der Waals surface area contributed by atoms with E-state index in [1.54, 1.807) is 0 Å². The second-order valence-corrected chi connectivity index (χ2v) is 8.47. The summed E-state index contributed by atoms with van der Waals surface area (Å²) in [6.45, 7) is 7.59. The fourth-order valence-corrected chi connectivity index (χ4v) is 5.17. The molecule has 4 rings (SSSR count). The van der Waals surface area contributed by atoms with E-state index in [-0.39, 0.29) is 29.7 Å². The van der Waals surface area contributed by atoms with Crippen LogP contribution in [0.2, 0.25) is 0 Å². The van der Waals surface area contributed by atoms with Gasteiger partial charge in [-0.2, -0.15) is 0 Å². The number of benzene rings is 1. The SMILES string of the molecule is CC(C)OC1=C(OC(C)C)[C@]2(O)C=C(c3ccccc3)[C@H]3CCC[C@@]32C1=O. The molecule has 144 valence electrons. The zero-order chi connectivity index (χ0) is 19.4. The number of Topliss-reactive ketones (excluding diaryl/α,β-unsaturated/α-hetero) is 1. The largest absolute Gasteiger partial charge is 0.488 e. The summed E-state index contributed by atoms with van der Waals surface area (Å²) in [5.41, 5.74) is -0.218. The van der Waals surface area contributed by atoms with Crippen molar-refractivity contribution in [3.05, 3.63) is 53.5 Å². The molecule has 0 aromatic heterocycles. The Morgan fingerprint density at radius 3 is 2.37 bits per heavy atom. The predicted octanol–water partition coefficient (Wildman–Crippen LogP) is 4.25. The summed E-state index contributed by atoms with van der Waals surface area (Å²) < 4.78 is 11.9. The molecule has 1 aromatic carbocycles. The molecule has 4 heteroatoms. The summed E-state index contributed by atoms with van der Waals surface area (Å²) in [6, 6.07) is 10.1. The van der Waals surface area contributed by atoms with Crippen molar-refractivity contribution in [3.63, 3.8) is 0 Å². The number of ether oxygens (including phenoxy) is 2. The summed E-state index contributed by atoms with van der Waals surface area (Å²) in [6.07, 6.45) is 4.00. The molecule has 0 amide bonds. The highest BCUT2D eigenvalue weighted by Gasteiger charge is 2.73. The standard InChI is InChI=1S/C23H28O4/c1-14(2)26-19-20(24)22-12-8-11-18(22)17(16-9-6-5-7-10-16)13-23(22,25)21(19)27-15(3)4/h5-7,9-10,13-15,18,25H,8,11-12H2,1-4H3/t18-,22+,23-/m1/s1. The number of hydrogen-bond acceptors (Lipinski definition) is 4. The van der Waals surface area contributed by atoms with Gasteiger partial charge >= 0.3 is 0 Å². The van der Waals surface area contributed by atoms with Crippen LogP contribution in [0.5, 0.6) is 0 Å². The number of allylic oxidation sites excluding steroid dienone is 2. The number of aliphatic hydroxyl groups is 1. The Bertz CT molecular complexity index is 820. The van der Waals surface area contributed by atoms with Crippen LogP contribution in [-0.2, 0) is 14.3 Å². The monoisotopic (exact) mass is 368 g/mol. The zero-order valence-electron chi connectivity index (χ0n) is 16.5. The highest BCUT2D eigenvalue weighted by atomic mass is 16.5. The first-order valence-corrected chi connectivity index (χ1v) is 9.94. The number of hydrogen-bond donors (Lipinski definition) is 1. The van der Waals surface area contributed by atoms with Gasteiger partial charge in [-0.1, -0.05) is 36.8 Å². The van der Waals surface area contributed by atoms with Gasteiger partial charge in [0.2, 0.25) is 11.5 Å². The molecule has 1 N–H and O–H groups in total. The first-order valence-electron chi connectivity index (χ1n) is 9.94. The summed E-state index contributed by atoms with van der Waals surface area (Å²) in [5, 5.41) is 11.9. The first kappa shape index (κ1) is 18.3. The highest BCUT2D eigenvalue weighted by molar-refractivity contribution is 6.07. The molecule has 3 aliphatic carbocycles. The molecule has 1 saturated carbocycles. The summed E-state index contributed by atoms with van der Waals surface area (Å²) in [5.74, 6) is 0.404. The minimum atomic E-state index is -1.44. The topological polar surface area (TPSA) is 55.8 Å². The smallest absolute Gasteiger partial charge is 0.211 e. The van der Waals surface area contributed by atoms with Gasteiger partial charge in [-0.3, -0.25) is 4.79 Å². The van der Waals surface area contributed by atoms with Crippen molar-refractivity contribution in [3.8, 4) is 0 Å². The Morgan fingerprint density at radius 1 is 1.07 bits per heavy atom. The molecule has 0 unspecified atom stereocenters. The molecule has 3 aliphatic rings. The Morgan fingerprint density at radius 2 is 1.74 bits per heavy atom. The average Bonchev–Trinajstić information content (AvgIpc) is 3.20. The molecule has 1 aromatic rings. The molecule has 1 fully saturated rings. The molecular weight excluding hydrogens is 340 g/mol. The molecule has 1 spiro atoms. The van der Waals surface area contributed by atoms with Crippen LogP contribution in [0.1, 0.15) is 52.5 Å². The van der Waals surface area contributed by atoms with Gasteiger partial charge in [-0.05, 0) is 57.7 Å². The van der Waals surface area contributed by atoms with Crippen molar-refractivity contribution in [2.75, 3.05) is 0 Å². The Hall–Kier alpha value is -2.07. The lowest BCUT2D eigenvalue weighted by Crippen LogP contribution is -2.48. The molecule has 27 heavy (non-hydrogen) atoms. The van der Waals surface area contributed by atoms with Gasteiger partial charge in [0, 0.05) is 5.92 Å². The van der Waals surface area contributed by atoms with Gasteiger partial charge in [-0.15, -0.1) is 0 Å².